The monoisotopic (exact) mass is 639 g/mol. The fourth-order valence-corrected chi connectivity index (χ4v) is 5.47. The number of aromatic nitrogens is 1. The molecule has 0 N–H and O–H groups in total. The zero-order chi connectivity index (χ0) is 33.3. The van der Waals surface area contributed by atoms with Gasteiger partial charge in [-0.2, -0.15) is 26.3 Å². The molecule has 4 rings (SSSR count). The molecule has 2 amide bonds. The number of carbonyl (C=O) groups excluding carboxylic acids is 3. The summed E-state index contributed by atoms with van der Waals surface area (Å²) in [6.45, 7) is 1.13. The third kappa shape index (κ3) is 7.60. The number of ether oxygens (including phenoxy) is 1. The summed E-state index contributed by atoms with van der Waals surface area (Å²) in [7, 11) is 2.47. The van der Waals surface area contributed by atoms with Crippen LogP contribution in [0, 0.1) is 18.7 Å². The summed E-state index contributed by atoms with van der Waals surface area (Å²) in [6, 6.07) is 7.82. The Labute approximate surface area is 253 Å². The highest BCUT2D eigenvalue weighted by molar-refractivity contribution is 5.94. The normalized spacial score (nSPS) is 17.2. The molecule has 0 bridgehead atoms. The molecule has 1 aliphatic heterocycles. The predicted octanol–water partition coefficient (Wildman–Crippen LogP) is 6.26. The molecule has 45 heavy (non-hydrogen) atoms. The fraction of sp³-hybridized carbons (Fsp3) is 0.355. The van der Waals surface area contributed by atoms with Crippen LogP contribution in [0.5, 0.6) is 0 Å². The van der Waals surface area contributed by atoms with E-state index < -0.39 is 65.5 Å². The average Bonchev–Trinajstić information content (AvgIpc) is 2.98. The highest BCUT2D eigenvalue weighted by Crippen LogP contribution is 2.38. The number of alkyl halides is 6. The third-order valence-electron chi connectivity index (χ3n) is 7.70. The Balaban J connectivity index is 1.62. The minimum absolute atomic E-state index is 0.0161. The minimum atomic E-state index is -5.04. The van der Waals surface area contributed by atoms with Gasteiger partial charge in [-0.1, -0.05) is 6.07 Å². The molecule has 0 radical (unpaired) electrons. The van der Waals surface area contributed by atoms with Crippen molar-refractivity contribution in [2.75, 3.05) is 27.2 Å². The molecule has 2 aromatic carbocycles. The second-order valence-electron chi connectivity index (χ2n) is 10.8. The number of esters is 1. The SMILES string of the molecule is COC(=O)c1ccc(C(=O)N2CC[C@@H](C(=O)N(C)Cc3cc(C(F)(F)F)cc(C(F)(F)F)c3)[C@H](c3ccc(F)cc3C)C2)nc1. The summed E-state index contributed by atoms with van der Waals surface area (Å²) in [6.07, 6.45) is -8.81. The van der Waals surface area contributed by atoms with Gasteiger partial charge in [0.1, 0.15) is 11.5 Å². The topological polar surface area (TPSA) is 79.8 Å². The first kappa shape index (κ1) is 33.4. The third-order valence-corrected chi connectivity index (χ3v) is 7.70. The summed E-state index contributed by atoms with van der Waals surface area (Å²) in [5, 5.41) is 0. The minimum Gasteiger partial charge on any atom is -0.465 e. The number of carbonyl (C=O) groups is 3. The molecule has 0 saturated carbocycles. The van der Waals surface area contributed by atoms with Crippen molar-refractivity contribution in [3.63, 3.8) is 0 Å². The van der Waals surface area contributed by atoms with Gasteiger partial charge >= 0.3 is 18.3 Å². The summed E-state index contributed by atoms with van der Waals surface area (Å²) in [4.78, 5) is 45.4. The first-order valence-electron chi connectivity index (χ1n) is 13.6. The van der Waals surface area contributed by atoms with Crippen molar-refractivity contribution in [2.24, 2.45) is 5.92 Å². The quantitative estimate of drug-likeness (QED) is 0.235. The van der Waals surface area contributed by atoms with Gasteiger partial charge in [0.2, 0.25) is 5.91 Å². The number of amides is 2. The maximum Gasteiger partial charge on any atom is 0.416 e. The maximum absolute atomic E-state index is 14.0. The van der Waals surface area contributed by atoms with Gasteiger partial charge in [-0.05, 0) is 72.5 Å². The molecule has 0 spiro atoms. The van der Waals surface area contributed by atoms with E-state index >= 15 is 0 Å². The standard InChI is InChI=1S/C31H28F7N3O4/c1-17-10-22(32)5-6-23(17)25-16-41(28(43)26-7-4-19(14-39-26)29(44)45-3)9-8-24(25)27(42)40(2)15-18-11-20(30(33,34)35)13-21(12-18)31(36,37)38/h4-7,10-14,24-25H,8-9,15-16H2,1-3H3/t24-,25+/m1/s1. The summed E-state index contributed by atoms with van der Waals surface area (Å²) in [5.41, 5.74) is -2.16. The molecular weight excluding hydrogens is 611 g/mol. The smallest absolute Gasteiger partial charge is 0.416 e. The van der Waals surface area contributed by atoms with E-state index in [2.05, 4.69) is 9.72 Å². The first-order valence-corrected chi connectivity index (χ1v) is 13.6. The lowest BCUT2D eigenvalue weighted by Crippen LogP contribution is -2.48. The van der Waals surface area contributed by atoms with E-state index in [0.29, 0.717) is 23.3 Å². The molecule has 2 heterocycles. The molecule has 7 nitrogen and oxygen atoms in total. The lowest BCUT2D eigenvalue weighted by molar-refractivity contribution is -0.143. The predicted molar refractivity (Wildman–Crippen MR) is 146 cm³/mol. The average molecular weight is 640 g/mol. The Morgan fingerprint density at radius 1 is 0.978 bits per heavy atom. The number of piperidine rings is 1. The molecule has 1 aromatic heterocycles. The molecule has 2 atom stereocenters. The maximum atomic E-state index is 14.0. The molecule has 1 saturated heterocycles. The second-order valence-corrected chi connectivity index (χ2v) is 10.8. The summed E-state index contributed by atoms with van der Waals surface area (Å²) in [5.74, 6) is -3.77. The van der Waals surface area contributed by atoms with Crippen LogP contribution in [0.2, 0.25) is 0 Å². The number of nitrogens with zero attached hydrogens (tertiary/aromatic N) is 3. The number of hydrogen-bond acceptors (Lipinski definition) is 5. The van der Waals surface area contributed by atoms with Crippen LogP contribution in [0.25, 0.3) is 0 Å². The zero-order valence-electron chi connectivity index (χ0n) is 24.3. The Morgan fingerprint density at radius 3 is 2.16 bits per heavy atom. The number of aryl methyl sites for hydroxylation is 1. The number of methoxy groups -OCH3 is 1. The van der Waals surface area contributed by atoms with E-state index in [1.165, 1.54) is 55.6 Å². The Bertz CT molecular complexity index is 1560. The molecule has 14 heteroatoms. The fourth-order valence-electron chi connectivity index (χ4n) is 5.47. The van der Waals surface area contributed by atoms with Crippen LogP contribution >= 0.6 is 0 Å². The van der Waals surface area contributed by atoms with Crippen molar-refractivity contribution in [1.82, 2.24) is 14.8 Å². The van der Waals surface area contributed by atoms with E-state index in [1.807, 2.05) is 0 Å². The van der Waals surface area contributed by atoms with Crippen molar-refractivity contribution in [3.05, 3.63) is 99.6 Å². The number of rotatable bonds is 6. The molecule has 1 aliphatic rings. The van der Waals surface area contributed by atoms with Crippen LogP contribution in [-0.4, -0.2) is 59.8 Å². The van der Waals surface area contributed by atoms with Gasteiger partial charge < -0.3 is 14.5 Å². The lowest BCUT2D eigenvalue weighted by atomic mass is 9.78. The molecule has 0 aliphatic carbocycles. The van der Waals surface area contributed by atoms with Crippen LogP contribution in [-0.2, 0) is 28.4 Å². The highest BCUT2D eigenvalue weighted by Gasteiger charge is 2.40. The van der Waals surface area contributed by atoms with Crippen molar-refractivity contribution >= 4 is 17.8 Å². The van der Waals surface area contributed by atoms with Crippen LogP contribution in [0.15, 0.2) is 54.7 Å². The van der Waals surface area contributed by atoms with Crippen LogP contribution < -0.4 is 0 Å². The molecule has 0 unspecified atom stereocenters. The summed E-state index contributed by atoms with van der Waals surface area (Å²) >= 11 is 0. The number of hydrogen-bond donors (Lipinski definition) is 0. The van der Waals surface area contributed by atoms with Crippen LogP contribution in [0.4, 0.5) is 30.7 Å². The van der Waals surface area contributed by atoms with E-state index in [-0.39, 0.29) is 42.4 Å². The Hall–Kier alpha value is -4.49. The molecule has 240 valence electrons. The van der Waals surface area contributed by atoms with Crippen molar-refractivity contribution in [3.8, 4) is 0 Å². The largest absolute Gasteiger partial charge is 0.465 e. The van der Waals surface area contributed by atoms with Gasteiger partial charge in [0.05, 0.1) is 23.8 Å². The zero-order valence-corrected chi connectivity index (χ0v) is 24.3. The van der Waals surface area contributed by atoms with Crippen molar-refractivity contribution < 1.29 is 49.9 Å². The van der Waals surface area contributed by atoms with Crippen LogP contribution in [0.3, 0.4) is 0 Å². The Kier molecular flexibility index (Phi) is 9.54. The lowest BCUT2D eigenvalue weighted by Gasteiger charge is -2.40. The Morgan fingerprint density at radius 2 is 1.62 bits per heavy atom. The van der Waals surface area contributed by atoms with Crippen LogP contribution in [0.1, 0.15) is 61.0 Å². The van der Waals surface area contributed by atoms with Gasteiger partial charge in [0, 0.05) is 44.7 Å². The highest BCUT2D eigenvalue weighted by atomic mass is 19.4. The first-order chi connectivity index (χ1) is 21.0. The van der Waals surface area contributed by atoms with Gasteiger partial charge in [-0.25, -0.2) is 9.18 Å². The van der Waals surface area contributed by atoms with Gasteiger partial charge in [0.25, 0.3) is 5.91 Å². The second kappa shape index (κ2) is 12.9. The van der Waals surface area contributed by atoms with E-state index in [4.69, 9.17) is 0 Å². The van der Waals surface area contributed by atoms with Crippen molar-refractivity contribution in [2.45, 2.75) is 38.2 Å². The number of pyridine rings is 1. The van der Waals surface area contributed by atoms with Gasteiger partial charge in [0.15, 0.2) is 0 Å². The number of halogens is 7. The van der Waals surface area contributed by atoms with Gasteiger partial charge in [-0.3, -0.25) is 14.6 Å². The van der Waals surface area contributed by atoms with E-state index in [9.17, 15) is 45.1 Å². The summed E-state index contributed by atoms with van der Waals surface area (Å²) < 4.78 is 99.0. The number of likely N-dealkylation sites (tertiary alicyclic amines) is 1. The van der Waals surface area contributed by atoms with E-state index in [0.717, 1.165) is 4.90 Å². The van der Waals surface area contributed by atoms with Crippen molar-refractivity contribution in [1.29, 1.82) is 0 Å². The molecule has 3 aromatic rings. The van der Waals surface area contributed by atoms with Gasteiger partial charge in [-0.15, -0.1) is 0 Å². The van der Waals surface area contributed by atoms with E-state index in [1.54, 1.807) is 6.92 Å². The molecular formula is C31H28F7N3O4. The number of benzene rings is 2. The molecule has 1 fully saturated rings.